The lowest BCUT2D eigenvalue weighted by Crippen LogP contribution is -2.28. The molecule has 0 heterocycles. The molecule has 0 aliphatic carbocycles. The van der Waals surface area contributed by atoms with Gasteiger partial charge in [-0.3, -0.25) is 9.59 Å². The third kappa shape index (κ3) is 6.40. The third-order valence-electron chi connectivity index (χ3n) is 4.86. The summed E-state index contributed by atoms with van der Waals surface area (Å²) in [4.78, 5) is 25.3. The van der Waals surface area contributed by atoms with Gasteiger partial charge in [0.05, 0.1) is 20.8 Å². The summed E-state index contributed by atoms with van der Waals surface area (Å²) in [6.07, 6.45) is 0. The van der Waals surface area contributed by atoms with Gasteiger partial charge in [0.25, 0.3) is 11.8 Å². The second-order valence-corrected chi connectivity index (χ2v) is 7.55. The molecule has 0 spiro atoms. The Morgan fingerprint density at radius 2 is 1.52 bits per heavy atom. The topological polar surface area (TPSA) is 85.9 Å². The summed E-state index contributed by atoms with van der Waals surface area (Å²) in [6.45, 7) is 2.48. The molecular weight excluding hydrogens is 444 g/mol. The molecule has 0 aliphatic heterocycles. The minimum absolute atomic E-state index is 0.267. The van der Waals surface area contributed by atoms with Crippen molar-refractivity contribution in [1.82, 2.24) is 5.32 Å². The average Bonchev–Trinajstić information content (AvgIpc) is 2.83. The Bertz CT molecular complexity index is 1130. The van der Waals surface area contributed by atoms with Crippen LogP contribution in [0.25, 0.3) is 0 Å². The number of hydrogen-bond donors (Lipinski definition) is 2. The standard InChI is InChI=1S/C25H25ClN2O5/c1-16-4-5-17(24(29)27-12-13-33-20-9-7-19(26)8-10-20)14-21(16)28-25(30)18-6-11-22(31-2)23(15-18)32-3/h4-11,14-15H,12-13H2,1-3H3,(H,27,29)(H,28,30). The molecule has 3 aromatic carbocycles. The first kappa shape index (κ1) is 23.9. The molecule has 2 N–H and O–H groups in total. The van der Waals surface area contributed by atoms with Crippen LogP contribution >= 0.6 is 11.6 Å². The number of anilines is 1. The zero-order valence-electron chi connectivity index (χ0n) is 18.6. The van der Waals surface area contributed by atoms with Gasteiger partial charge >= 0.3 is 0 Å². The summed E-state index contributed by atoms with van der Waals surface area (Å²) < 4.78 is 16.0. The van der Waals surface area contributed by atoms with E-state index in [1.807, 2.05) is 6.92 Å². The van der Waals surface area contributed by atoms with E-state index in [1.165, 1.54) is 14.2 Å². The monoisotopic (exact) mass is 468 g/mol. The van der Waals surface area contributed by atoms with E-state index in [4.69, 9.17) is 25.8 Å². The Morgan fingerprint density at radius 3 is 2.21 bits per heavy atom. The minimum Gasteiger partial charge on any atom is -0.493 e. The van der Waals surface area contributed by atoms with Crippen LogP contribution in [0.1, 0.15) is 26.3 Å². The first-order chi connectivity index (χ1) is 15.9. The van der Waals surface area contributed by atoms with E-state index < -0.39 is 0 Å². The van der Waals surface area contributed by atoms with Gasteiger partial charge in [-0.15, -0.1) is 0 Å². The molecular formula is C25H25ClN2O5. The molecule has 0 fully saturated rings. The van der Waals surface area contributed by atoms with E-state index in [2.05, 4.69) is 10.6 Å². The number of nitrogens with one attached hydrogen (secondary N) is 2. The number of carbonyl (C=O) groups excluding carboxylic acids is 2. The van der Waals surface area contributed by atoms with Crippen LogP contribution in [0.2, 0.25) is 5.02 Å². The van der Waals surface area contributed by atoms with Crippen molar-refractivity contribution in [1.29, 1.82) is 0 Å². The predicted octanol–water partition coefficient (Wildman–Crippen LogP) is 4.73. The smallest absolute Gasteiger partial charge is 0.255 e. The molecule has 0 bridgehead atoms. The molecule has 7 nitrogen and oxygen atoms in total. The van der Waals surface area contributed by atoms with E-state index in [9.17, 15) is 9.59 Å². The van der Waals surface area contributed by atoms with Gasteiger partial charge in [-0.2, -0.15) is 0 Å². The summed E-state index contributed by atoms with van der Waals surface area (Å²) in [7, 11) is 3.04. The van der Waals surface area contributed by atoms with Crippen molar-refractivity contribution in [3.8, 4) is 17.2 Å². The van der Waals surface area contributed by atoms with Crippen LogP contribution in [0, 0.1) is 6.92 Å². The van der Waals surface area contributed by atoms with Crippen LogP contribution in [0.3, 0.4) is 0 Å². The Labute approximate surface area is 197 Å². The highest BCUT2D eigenvalue weighted by atomic mass is 35.5. The second kappa shape index (κ2) is 11.2. The van der Waals surface area contributed by atoms with Gasteiger partial charge in [-0.1, -0.05) is 17.7 Å². The van der Waals surface area contributed by atoms with Crippen LogP contribution in [-0.2, 0) is 0 Å². The lowest BCUT2D eigenvalue weighted by molar-refractivity contribution is 0.0945. The first-order valence-corrected chi connectivity index (χ1v) is 10.6. The van der Waals surface area contributed by atoms with E-state index >= 15 is 0 Å². The maximum Gasteiger partial charge on any atom is 0.255 e. The zero-order valence-corrected chi connectivity index (χ0v) is 19.4. The third-order valence-corrected chi connectivity index (χ3v) is 5.12. The lowest BCUT2D eigenvalue weighted by Gasteiger charge is -2.13. The van der Waals surface area contributed by atoms with Crippen LogP contribution in [-0.4, -0.2) is 39.2 Å². The fraction of sp³-hybridized carbons (Fsp3) is 0.200. The Morgan fingerprint density at radius 1 is 0.848 bits per heavy atom. The molecule has 0 atom stereocenters. The number of hydrogen-bond acceptors (Lipinski definition) is 5. The highest BCUT2D eigenvalue weighted by Gasteiger charge is 2.14. The molecule has 2 amide bonds. The Kier molecular flexibility index (Phi) is 8.16. The molecule has 3 rings (SSSR count). The zero-order chi connectivity index (χ0) is 23.8. The molecule has 0 radical (unpaired) electrons. The normalized spacial score (nSPS) is 10.3. The Balaban J connectivity index is 1.60. The second-order valence-electron chi connectivity index (χ2n) is 7.11. The fourth-order valence-electron chi connectivity index (χ4n) is 3.04. The average molecular weight is 469 g/mol. The molecule has 0 unspecified atom stereocenters. The molecule has 33 heavy (non-hydrogen) atoms. The minimum atomic E-state index is -0.326. The van der Waals surface area contributed by atoms with E-state index in [0.29, 0.717) is 52.2 Å². The summed E-state index contributed by atoms with van der Waals surface area (Å²) >= 11 is 5.85. The molecule has 0 aromatic heterocycles. The number of rotatable bonds is 9. The van der Waals surface area contributed by atoms with Crippen molar-refractivity contribution in [3.63, 3.8) is 0 Å². The van der Waals surface area contributed by atoms with E-state index in [-0.39, 0.29) is 11.8 Å². The summed E-state index contributed by atoms with van der Waals surface area (Å²) in [5, 5.41) is 6.29. The quantitative estimate of drug-likeness (QED) is 0.443. The van der Waals surface area contributed by atoms with Crippen molar-refractivity contribution in [2.24, 2.45) is 0 Å². The van der Waals surface area contributed by atoms with Gasteiger partial charge in [0, 0.05) is 21.8 Å². The maximum atomic E-state index is 12.7. The molecule has 0 saturated heterocycles. The van der Waals surface area contributed by atoms with E-state index in [1.54, 1.807) is 60.7 Å². The Hall–Kier alpha value is -3.71. The van der Waals surface area contributed by atoms with Crippen LogP contribution in [0.5, 0.6) is 17.2 Å². The SMILES string of the molecule is COc1ccc(C(=O)Nc2cc(C(=O)NCCOc3ccc(Cl)cc3)ccc2C)cc1OC. The number of benzene rings is 3. The highest BCUT2D eigenvalue weighted by molar-refractivity contribution is 6.30. The van der Waals surface area contributed by atoms with Gasteiger partial charge in [0.15, 0.2) is 11.5 Å². The molecule has 0 aliphatic rings. The lowest BCUT2D eigenvalue weighted by atomic mass is 10.1. The van der Waals surface area contributed by atoms with Gasteiger partial charge in [0.1, 0.15) is 12.4 Å². The number of amides is 2. The highest BCUT2D eigenvalue weighted by Crippen LogP contribution is 2.28. The van der Waals surface area contributed by atoms with Crippen molar-refractivity contribution >= 4 is 29.1 Å². The molecule has 172 valence electrons. The van der Waals surface area contributed by atoms with Gasteiger partial charge in [-0.25, -0.2) is 0 Å². The number of halogens is 1. The molecule has 0 saturated carbocycles. The maximum absolute atomic E-state index is 12.7. The van der Waals surface area contributed by atoms with Crippen LogP contribution < -0.4 is 24.8 Å². The predicted molar refractivity (Wildman–Crippen MR) is 128 cm³/mol. The summed E-state index contributed by atoms with van der Waals surface area (Å²) in [6, 6.07) is 17.0. The number of methoxy groups -OCH3 is 2. The van der Waals surface area contributed by atoms with Crippen molar-refractivity contribution in [2.75, 3.05) is 32.7 Å². The fourth-order valence-corrected chi connectivity index (χ4v) is 3.16. The van der Waals surface area contributed by atoms with Crippen molar-refractivity contribution < 1.29 is 23.8 Å². The van der Waals surface area contributed by atoms with Crippen LogP contribution in [0.15, 0.2) is 60.7 Å². The first-order valence-electron chi connectivity index (χ1n) is 10.2. The van der Waals surface area contributed by atoms with Gasteiger partial charge < -0.3 is 24.8 Å². The van der Waals surface area contributed by atoms with Crippen LogP contribution in [0.4, 0.5) is 5.69 Å². The molecule has 8 heteroatoms. The summed E-state index contributed by atoms with van der Waals surface area (Å²) in [5.74, 6) is 1.06. The number of aryl methyl sites for hydroxylation is 1. The van der Waals surface area contributed by atoms with E-state index in [0.717, 1.165) is 5.56 Å². The van der Waals surface area contributed by atoms with Crippen molar-refractivity contribution in [3.05, 3.63) is 82.4 Å². The largest absolute Gasteiger partial charge is 0.493 e. The van der Waals surface area contributed by atoms with Crippen molar-refractivity contribution in [2.45, 2.75) is 6.92 Å². The van der Waals surface area contributed by atoms with Gasteiger partial charge in [0.2, 0.25) is 0 Å². The number of carbonyl (C=O) groups is 2. The number of ether oxygens (including phenoxy) is 3. The summed E-state index contributed by atoms with van der Waals surface area (Å²) in [5.41, 5.74) is 2.20. The van der Waals surface area contributed by atoms with Gasteiger partial charge in [-0.05, 0) is 67.1 Å². The molecule has 3 aromatic rings.